The quantitative estimate of drug-likeness (QED) is 0.160. The molecule has 1 heterocycles. The Morgan fingerprint density at radius 3 is 1.65 bits per heavy atom. The molecule has 0 saturated heterocycles. The molecule has 11 rings (SSSR count). The van der Waals surface area contributed by atoms with Crippen molar-refractivity contribution < 1.29 is 4.42 Å². The Labute approximate surface area is 352 Å². The van der Waals surface area contributed by atoms with Crippen LogP contribution in [0.3, 0.4) is 0 Å². The van der Waals surface area contributed by atoms with Gasteiger partial charge >= 0.3 is 0 Å². The first-order valence-corrected chi connectivity index (χ1v) is 21.1. The average Bonchev–Trinajstić information content (AvgIpc) is 3.79. The van der Waals surface area contributed by atoms with Crippen LogP contribution in [0.2, 0.25) is 0 Å². The molecule has 0 aliphatic heterocycles. The van der Waals surface area contributed by atoms with Crippen molar-refractivity contribution in [3.8, 4) is 55.6 Å². The van der Waals surface area contributed by atoms with Gasteiger partial charge in [-0.3, -0.25) is 0 Å². The van der Waals surface area contributed by atoms with Crippen molar-refractivity contribution in [2.24, 2.45) is 0 Å². The zero-order valence-corrected chi connectivity index (χ0v) is 34.2. The summed E-state index contributed by atoms with van der Waals surface area (Å²) in [6, 6.07) is 68.9. The third kappa shape index (κ3) is 6.02. The molecule has 1 atom stereocenters. The number of benzene rings is 8. The fourth-order valence-corrected chi connectivity index (χ4v) is 9.67. The number of anilines is 3. The van der Waals surface area contributed by atoms with Crippen LogP contribution < -0.4 is 4.90 Å². The minimum atomic E-state index is -0.177. The highest BCUT2D eigenvalue weighted by atomic mass is 16.3. The zero-order valence-electron chi connectivity index (χ0n) is 34.2. The molecule has 8 aromatic carbocycles. The maximum Gasteiger partial charge on any atom is 0.135 e. The fourth-order valence-electron chi connectivity index (χ4n) is 9.67. The number of hydrogen-bond acceptors (Lipinski definition) is 2. The first-order valence-electron chi connectivity index (χ1n) is 21.1. The number of hydrogen-bond donors (Lipinski definition) is 0. The smallest absolute Gasteiger partial charge is 0.135 e. The van der Waals surface area contributed by atoms with E-state index in [4.69, 9.17) is 4.42 Å². The summed E-state index contributed by atoms with van der Waals surface area (Å²) in [6.45, 7) is 6.99. The summed E-state index contributed by atoms with van der Waals surface area (Å²) in [5, 5.41) is 1.19. The fraction of sp³-hybridized carbons (Fsp3) is 0.103. The van der Waals surface area contributed by atoms with Gasteiger partial charge in [-0.05, 0) is 128 Å². The maximum absolute atomic E-state index is 6.46. The molecule has 2 heteroatoms. The Balaban J connectivity index is 0.994. The van der Waals surface area contributed by atoms with Gasteiger partial charge in [0.25, 0.3) is 0 Å². The monoisotopic (exact) mass is 771 g/mol. The predicted octanol–water partition coefficient (Wildman–Crippen LogP) is 16.4. The summed E-state index contributed by atoms with van der Waals surface area (Å²) in [5.41, 5.74) is 20.3. The summed E-state index contributed by atoms with van der Waals surface area (Å²) >= 11 is 0. The molecule has 2 aliphatic rings. The van der Waals surface area contributed by atoms with E-state index in [9.17, 15) is 0 Å². The largest absolute Gasteiger partial charge is 0.460 e. The first-order chi connectivity index (χ1) is 29.4. The van der Waals surface area contributed by atoms with Crippen LogP contribution in [-0.4, -0.2) is 0 Å². The number of fused-ring (bicyclic) bond motifs is 6. The lowest BCUT2D eigenvalue weighted by Crippen LogP contribution is -2.16. The molecular weight excluding hydrogens is 727 g/mol. The second kappa shape index (κ2) is 14.3. The SMILES string of the molecule is CC1CC=Cc2c1oc1cc(-c3ccc(N(c4ccc(-c5ccccc5-c5ccccc5)cc4)c4ccc5c(c4)C(C)(C)c4cc(-c6ccccc6)ccc4-5)cc3)ccc21. The van der Waals surface area contributed by atoms with Crippen LogP contribution in [-0.2, 0) is 5.41 Å². The highest BCUT2D eigenvalue weighted by molar-refractivity contribution is 5.93. The molecule has 0 amide bonds. The van der Waals surface area contributed by atoms with Gasteiger partial charge in [0, 0.05) is 39.3 Å². The van der Waals surface area contributed by atoms with Crippen molar-refractivity contribution >= 4 is 34.1 Å². The normalized spacial score (nSPS) is 14.8. The summed E-state index contributed by atoms with van der Waals surface area (Å²) in [6.07, 6.45) is 5.50. The maximum atomic E-state index is 6.46. The third-order valence-electron chi connectivity index (χ3n) is 12.9. The van der Waals surface area contributed by atoms with Crippen LogP contribution in [0.5, 0.6) is 0 Å². The van der Waals surface area contributed by atoms with Gasteiger partial charge < -0.3 is 9.32 Å². The second-order valence-electron chi connectivity index (χ2n) is 17.0. The van der Waals surface area contributed by atoms with Crippen molar-refractivity contribution in [1.29, 1.82) is 0 Å². The summed E-state index contributed by atoms with van der Waals surface area (Å²) in [7, 11) is 0. The van der Waals surface area contributed by atoms with Crippen molar-refractivity contribution in [2.75, 3.05) is 4.90 Å². The van der Waals surface area contributed by atoms with E-state index >= 15 is 0 Å². The Hall–Kier alpha value is -7.16. The second-order valence-corrected chi connectivity index (χ2v) is 17.0. The van der Waals surface area contributed by atoms with E-state index in [0.29, 0.717) is 5.92 Å². The van der Waals surface area contributed by atoms with Crippen LogP contribution in [0.25, 0.3) is 72.7 Å². The van der Waals surface area contributed by atoms with E-state index in [1.807, 2.05) is 0 Å². The molecule has 60 heavy (non-hydrogen) atoms. The number of rotatable bonds is 7. The van der Waals surface area contributed by atoms with Crippen LogP contribution in [0, 0.1) is 0 Å². The third-order valence-corrected chi connectivity index (χ3v) is 12.9. The van der Waals surface area contributed by atoms with Crippen LogP contribution >= 0.6 is 0 Å². The van der Waals surface area contributed by atoms with Gasteiger partial charge in [0.1, 0.15) is 11.3 Å². The molecule has 0 saturated carbocycles. The molecule has 0 radical (unpaired) electrons. The van der Waals surface area contributed by atoms with Gasteiger partial charge in [0.15, 0.2) is 0 Å². The molecule has 0 bridgehead atoms. The molecular formula is C58H45NO. The Bertz CT molecular complexity index is 3080. The predicted molar refractivity (Wildman–Crippen MR) is 252 cm³/mol. The summed E-state index contributed by atoms with van der Waals surface area (Å²) in [4.78, 5) is 2.41. The van der Waals surface area contributed by atoms with Crippen LogP contribution in [0.15, 0.2) is 199 Å². The van der Waals surface area contributed by atoms with Crippen LogP contribution in [0.1, 0.15) is 55.6 Å². The minimum absolute atomic E-state index is 0.177. The Morgan fingerprint density at radius 1 is 0.467 bits per heavy atom. The van der Waals surface area contributed by atoms with Crippen molar-refractivity contribution in [3.63, 3.8) is 0 Å². The lowest BCUT2D eigenvalue weighted by Gasteiger charge is -2.28. The van der Waals surface area contributed by atoms with E-state index in [2.05, 4.69) is 226 Å². The molecule has 1 unspecified atom stereocenters. The van der Waals surface area contributed by atoms with Gasteiger partial charge in [-0.25, -0.2) is 0 Å². The lowest BCUT2D eigenvalue weighted by molar-refractivity contribution is 0.504. The van der Waals surface area contributed by atoms with Crippen molar-refractivity contribution in [3.05, 3.63) is 217 Å². The average molecular weight is 772 g/mol. The molecule has 288 valence electrons. The molecule has 9 aromatic rings. The highest BCUT2D eigenvalue weighted by Crippen LogP contribution is 2.52. The molecule has 2 aliphatic carbocycles. The molecule has 0 fully saturated rings. The molecule has 1 aromatic heterocycles. The van der Waals surface area contributed by atoms with Gasteiger partial charge in [-0.15, -0.1) is 0 Å². The van der Waals surface area contributed by atoms with Gasteiger partial charge in [0.05, 0.1) is 0 Å². The zero-order chi connectivity index (χ0) is 40.4. The summed E-state index contributed by atoms with van der Waals surface area (Å²) in [5.74, 6) is 1.49. The van der Waals surface area contributed by atoms with E-state index in [1.54, 1.807) is 0 Å². The van der Waals surface area contributed by atoms with Crippen LogP contribution in [0.4, 0.5) is 17.1 Å². The topological polar surface area (TPSA) is 16.4 Å². The Kier molecular flexibility index (Phi) is 8.56. The van der Waals surface area contributed by atoms with E-state index < -0.39 is 0 Å². The van der Waals surface area contributed by atoms with Gasteiger partial charge in [-0.2, -0.15) is 0 Å². The van der Waals surface area contributed by atoms with Gasteiger partial charge in [-0.1, -0.05) is 166 Å². The number of furan rings is 1. The molecule has 2 nitrogen and oxygen atoms in total. The number of nitrogens with zero attached hydrogens (tertiary/aromatic N) is 1. The van der Waals surface area contributed by atoms with E-state index in [1.165, 1.54) is 66.6 Å². The first kappa shape index (κ1) is 36.0. The standard InChI is InChI=1S/C58H45NO/c1-38-13-12-20-53-52-33-26-44(36-56(52)60-57(38)53)40-21-27-45(28-22-40)59(46-29-23-42(24-30-46)49-19-11-10-18-48(49)41-16-8-5-9-17-41)47-31-34-51-50-32-25-43(39-14-6-4-7-15-39)35-54(50)58(2,3)55(51)37-47/h4-12,14-38H,13H2,1-3H3. The molecule has 0 spiro atoms. The molecule has 0 N–H and O–H groups in total. The van der Waals surface area contributed by atoms with E-state index in [-0.39, 0.29) is 5.41 Å². The van der Waals surface area contributed by atoms with Crippen molar-refractivity contribution in [2.45, 2.75) is 38.5 Å². The minimum Gasteiger partial charge on any atom is -0.460 e. The number of allylic oxidation sites excluding steroid dienone is 1. The lowest BCUT2D eigenvalue weighted by atomic mass is 9.81. The van der Waals surface area contributed by atoms with E-state index in [0.717, 1.165) is 46.0 Å². The Morgan fingerprint density at radius 2 is 0.967 bits per heavy atom. The van der Waals surface area contributed by atoms with Gasteiger partial charge in [0.2, 0.25) is 0 Å². The van der Waals surface area contributed by atoms with Crippen molar-refractivity contribution in [1.82, 2.24) is 0 Å². The highest BCUT2D eigenvalue weighted by Gasteiger charge is 2.36. The summed E-state index contributed by atoms with van der Waals surface area (Å²) < 4.78 is 6.46.